The van der Waals surface area contributed by atoms with Crippen molar-refractivity contribution in [1.29, 1.82) is 0 Å². The first-order chi connectivity index (χ1) is 11.3. The van der Waals surface area contributed by atoms with Gasteiger partial charge in [-0.05, 0) is 31.2 Å². The Bertz CT molecular complexity index is 703. The van der Waals surface area contributed by atoms with Crippen molar-refractivity contribution >= 4 is 5.91 Å². The monoisotopic (exact) mass is 310 g/mol. The molecule has 5 nitrogen and oxygen atoms in total. The normalized spacial score (nSPS) is 18.8. The van der Waals surface area contributed by atoms with Crippen molar-refractivity contribution in [2.75, 3.05) is 0 Å². The van der Waals surface area contributed by atoms with Crippen molar-refractivity contribution in [3.63, 3.8) is 0 Å². The van der Waals surface area contributed by atoms with Crippen LogP contribution in [0.25, 0.3) is 0 Å². The molecule has 2 aromatic rings. The summed E-state index contributed by atoms with van der Waals surface area (Å²) in [6.07, 6.45) is 6.45. The number of nitrogens with zero attached hydrogens (tertiary/aromatic N) is 3. The molecule has 1 aromatic carbocycles. The molecule has 0 unspecified atom stereocenters. The summed E-state index contributed by atoms with van der Waals surface area (Å²) in [5.41, 5.74) is 0.806. The van der Waals surface area contributed by atoms with Gasteiger partial charge < -0.3 is 9.88 Å². The molecule has 1 N–H and O–H groups in total. The van der Waals surface area contributed by atoms with Crippen LogP contribution in [-0.2, 0) is 29.7 Å². The molecule has 0 spiro atoms. The van der Waals surface area contributed by atoms with Crippen LogP contribution in [0, 0.1) is 0 Å². The molecule has 1 fully saturated rings. The predicted molar refractivity (Wildman–Crippen MR) is 86.8 cm³/mol. The second kappa shape index (κ2) is 5.80. The third-order valence-electron chi connectivity index (χ3n) is 5.10. The van der Waals surface area contributed by atoms with Gasteiger partial charge in [0.1, 0.15) is 5.82 Å². The fraction of sp³-hybridized carbons (Fsp3) is 0.500. The number of benzene rings is 1. The minimum Gasteiger partial charge on any atom is -0.348 e. The van der Waals surface area contributed by atoms with Crippen LogP contribution in [0.4, 0.5) is 0 Å². The summed E-state index contributed by atoms with van der Waals surface area (Å²) in [4.78, 5) is 12.7. The maximum absolute atomic E-state index is 12.7. The molecule has 1 amide bonds. The Morgan fingerprint density at radius 3 is 2.74 bits per heavy atom. The first kappa shape index (κ1) is 14.4. The maximum Gasteiger partial charge on any atom is 0.231 e. The van der Waals surface area contributed by atoms with E-state index in [-0.39, 0.29) is 11.3 Å². The van der Waals surface area contributed by atoms with Crippen molar-refractivity contribution in [3.05, 3.63) is 47.5 Å². The molecule has 0 bridgehead atoms. The summed E-state index contributed by atoms with van der Waals surface area (Å²) < 4.78 is 2.19. The van der Waals surface area contributed by atoms with E-state index in [9.17, 15) is 4.79 Å². The number of aromatic nitrogens is 3. The number of amides is 1. The largest absolute Gasteiger partial charge is 0.348 e. The first-order valence-corrected chi connectivity index (χ1v) is 8.54. The molecule has 0 radical (unpaired) electrons. The summed E-state index contributed by atoms with van der Waals surface area (Å²) in [5, 5.41) is 11.7. The van der Waals surface area contributed by atoms with Gasteiger partial charge in [-0.3, -0.25) is 4.79 Å². The van der Waals surface area contributed by atoms with Gasteiger partial charge in [0.2, 0.25) is 5.91 Å². The smallest absolute Gasteiger partial charge is 0.231 e. The van der Waals surface area contributed by atoms with Crippen molar-refractivity contribution < 1.29 is 4.79 Å². The highest BCUT2D eigenvalue weighted by Gasteiger charge is 2.51. The maximum atomic E-state index is 12.7. The van der Waals surface area contributed by atoms with Crippen LogP contribution >= 0.6 is 0 Å². The minimum absolute atomic E-state index is 0.120. The molecule has 0 atom stereocenters. The Labute approximate surface area is 136 Å². The lowest BCUT2D eigenvalue weighted by molar-refractivity contribution is -0.123. The third kappa shape index (κ3) is 2.64. The lowest BCUT2D eigenvalue weighted by atomic mass is 9.95. The summed E-state index contributed by atoms with van der Waals surface area (Å²) in [6, 6.07) is 10.1. The number of aryl methyl sites for hydroxylation is 1. The molecule has 2 heterocycles. The molecular formula is C18H22N4O. The molecule has 2 aliphatic rings. The van der Waals surface area contributed by atoms with E-state index >= 15 is 0 Å². The van der Waals surface area contributed by atoms with E-state index in [1.54, 1.807) is 0 Å². The van der Waals surface area contributed by atoms with Crippen LogP contribution in [0.15, 0.2) is 30.3 Å². The van der Waals surface area contributed by atoms with E-state index in [0.717, 1.165) is 43.0 Å². The first-order valence-electron chi connectivity index (χ1n) is 8.54. The van der Waals surface area contributed by atoms with Crippen molar-refractivity contribution in [2.45, 2.75) is 57.0 Å². The van der Waals surface area contributed by atoms with Gasteiger partial charge in [-0.25, -0.2) is 0 Å². The van der Waals surface area contributed by atoms with Crippen molar-refractivity contribution in [1.82, 2.24) is 20.1 Å². The van der Waals surface area contributed by atoms with E-state index < -0.39 is 0 Å². The number of carbonyl (C=O) groups excluding carboxylic acids is 1. The number of hydrogen-bond donors (Lipinski definition) is 1. The van der Waals surface area contributed by atoms with Crippen LogP contribution < -0.4 is 5.32 Å². The zero-order chi connectivity index (χ0) is 15.7. The number of carbonyl (C=O) groups is 1. The van der Waals surface area contributed by atoms with Crippen LogP contribution in [0.3, 0.4) is 0 Å². The van der Waals surface area contributed by atoms with E-state index in [1.165, 1.54) is 19.3 Å². The lowest BCUT2D eigenvalue weighted by Gasteiger charge is -2.16. The van der Waals surface area contributed by atoms with Crippen LogP contribution in [-0.4, -0.2) is 20.7 Å². The third-order valence-corrected chi connectivity index (χ3v) is 5.10. The van der Waals surface area contributed by atoms with E-state index in [2.05, 4.69) is 32.2 Å². The average molecular weight is 310 g/mol. The Hall–Kier alpha value is -2.17. The molecule has 1 aliphatic heterocycles. The van der Waals surface area contributed by atoms with Crippen LogP contribution in [0.1, 0.15) is 49.3 Å². The summed E-state index contributed by atoms with van der Waals surface area (Å²) in [6.45, 7) is 1.44. The summed E-state index contributed by atoms with van der Waals surface area (Å²) in [7, 11) is 0. The van der Waals surface area contributed by atoms with E-state index in [4.69, 9.17) is 0 Å². The highest BCUT2D eigenvalue weighted by atomic mass is 16.2. The number of hydrogen-bond acceptors (Lipinski definition) is 3. The van der Waals surface area contributed by atoms with Gasteiger partial charge in [-0.1, -0.05) is 36.8 Å². The van der Waals surface area contributed by atoms with Gasteiger partial charge in [-0.2, -0.15) is 0 Å². The topological polar surface area (TPSA) is 59.8 Å². The summed E-state index contributed by atoms with van der Waals surface area (Å²) in [5.74, 6) is 2.07. The van der Waals surface area contributed by atoms with Crippen LogP contribution in [0.5, 0.6) is 0 Å². The molecule has 120 valence electrons. The van der Waals surface area contributed by atoms with Crippen molar-refractivity contribution in [2.24, 2.45) is 0 Å². The van der Waals surface area contributed by atoms with Gasteiger partial charge in [0.25, 0.3) is 0 Å². The highest BCUT2D eigenvalue weighted by molar-refractivity contribution is 5.91. The molecule has 1 aliphatic carbocycles. The van der Waals surface area contributed by atoms with Gasteiger partial charge in [-0.15, -0.1) is 10.2 Å². The molecule has 0 saturated heterocycles. The fourth-order valence-corrected chi connectivity index (χ4v) is 3.53. The van der Waals surface area contributed by atoms with Gasteiger partial charge in [0.05, 0.1) is 12.0 Å². The Morgan fingerprint density at radius 2 is 1.96 bits per heavy atom. The SMILES string of the molecule is O=C(NCc1nnc2n1CCCCC2)C1(c2ccccc2)CC1. The van der Waals surface area contributed by atoms with Gasteiger partial charge in [0.15, 0.2) is 5.82 Å². The van der Waals surface area contributed by atoms with E-state index in [0.29, 0.717) is 6.54 Å². The zero-order valence-corrected chi connectivity index (χ0v) is 13.3. The van der Waals surface area contributed by atoms with E-state index in [1.807, 2.05) is 18.2 Å². The van der Waals surface area contributed by atoms with Crippen molar-refractivity contribution in [3.8, 4) is 0 Å². The Kier molecular flexibility index (Phi) is 3.63. The van der Waals surface area contributed by atoms with Gasteiger partial charge in [0, 0.05) is 13.0 Å². The number of fused-ring (bicyclic) bond motifs is 1. The lowest BCUT2D eigenvalue weighted by Crippen LogP contribution is -2.35. The molecule has 1 saturated carbocycles. The Balaban J connectivity index is 1.46. The second-order valence-corrected chi connectivity index (χ2v) is 6.63. The molecule has 1 aromatic heterocycles. The van der Waals surface area contributed by atoms with Gasteiger partial charge >= 0.3 is 0 Å². The molecule has 23 heavy (non-hydrogen) atoms. The molecule has 5 heteroatoms. The second-order valence-electron chi connectivity index (χ2n) is 6.63. The standard InChI is InChI=1S/C18H22N4O/c23-17(18(10-11-18)14-7-3-1-4-8-14)19-13-16-21-20-15-9-5-2-6-12-22(15)16/h1,3-4,7-8H,2,5-6,9-13H2,(H,19,23). The average Bonchev–Trinajstić information content (AvgIpc) is 3.36. The zero-order valence-electron chi connectivity index (χ0n) is 13.3. The van der Waals surface area contributed by atoms with Crippen LogP contribution in [0.2, 0.25) is 0 Å². The molecule has 4 rings (SSSR count). The highest BCUT2D eigenvalue weighted by Crippen LogP contribution is 2.48. The quantitative estimate of drug-likeness (QED) is 0.943. The Morgan fingerprint density at radius 1 is 1.13 bits per heavy atom. The minimum atomic E-state index is -0.317. The summed E-state index contributed by atoms with van der Waals surface area (Å²) >= 11 is 0. The molecular weight excluding hydrogens is 288 g/mol. The fourth-order valence-electron chi connectivity index (χ4n) is 3.53. The predicted octanol–water partition coefficient (Wildman–Crippen LogP) is 2.35. The number of rotatable bonds is 4. The number of nitrogens with one attached hydrogen (secondary N) is 1.